The topological polar surface area (TPSA) is 108 Å². The number of nitrogens with two attached hydrogens (primary N) is 1. The molecule has 0 aromatic heterocycles. The van der Waals surface area contributed by atoms with E-state index in [1.54, 1.807) is 24.3 Å². The second-order valence-corrected chi connectivity index (χ2v) is 5.99. The Hall–Kier alpha value is -3.06. The Bertz CT molecular complexity index is 836. The van der Waals surface area contributed by atoms with Gasteiger partial charge in [-0.25, -0.2) is 4.79 Å². The average Bonchev–Trinajstić information content (AvgIpc) is 2.65. The molecular formula is C19H19ClN2O5. The molecule has 2 rings (SSSR count). The number of esters is 1. The van der Waals surface area contributed by atoms with Gasteiger partial charge in [0.2, 0.25) is 0 Å². The number of anilines is 1. The number of ether oxygens (including phenoxy) is 2. The molecule has 2 amide bonds. The van der Waals surface area contributed by atoms with Crippen LogP contribution in [0.5, 0.6) is 5.75 Å². The first-order valence-electron chi connectivity index (χ1n) is 8.20. The van der Waals surface area contributed by atoms with Crippen LogP contribution in [0.3, 0.4) is 0 Å². The molecule has 0 aliphatic heterocycles. The first-order valence-corrected chi connectivity index (χ1v) is 8.57. The van der Waals surface area contributed by atoms with E-state index in [1.165, 1.54) is 18.2 Å². The summed E-state index contributed by atoms with van der Waals surface area (Å²) in [5.41, 5.74) is 6.24. The highest BCUT2D eigenvalue weighted by molar-refractivity contribution is 6.31. The molecule has 0 radical (unpaired) electrons. The van der Waals surface area contributed by atoms with E-state index < -0.39 is 17.8 Å². The molecule has 3 N–H and O–H groups in total. The SMILES string of the molecule is CCCOC(=O)c1ccc(NC(=O)COc2ccc(Cl)cc2C(N)=O)cc1. The molecule has 0 aliphatic carbocycles. The number of nitrogens with one attached hydrogen (secondary N) is 1. The van der Waals surface area contributed by atoms with Crippen molar-refractivity contribution in [1.29, 1.82) is 0 Å². The van der Waals surface area contributed by atoms with Crippen LogP contribution in [0.2, 0.25) is 5.02 Å². The predicted molar refractivity (Wildman–Crippen MR) is 101 cm³/mol. The Balaban J connectivity index is 1.93. The van der Waals surface area contributed by atoms with E-state index in [-0.39, 0.29) is 17.9 Å². The minimum atomic E-state index is -0.710. The van der Waals surface area contributed by atoms with Gasteiger partial charge in [-0.05, 0) is 48.9 Å². The second kappa shape index (κ2) is 9.59. The number of amides is 2. The first kappa shape index (κ1) is 20.3. The maximum absolute atomic E-state index is 12.0. The third kappa shape index (κ3) is 6.00. The van der Waals surface area contributed by atoms with E-state index in [9.17, 15) is 14.4 Å². The van der Waals surface area contributed by atoms with Gasteiger partial charge in [-0.15, -0.1) is 0 Å². The van der Waals surface area contributed by atoms with Crippen molar-refractivity contribution < 1.29 is 23.9 Å². The van der Waals surface area contributed by atoms with Crippen molar-refractivity contribution in [3.63, 3.8) is 0 Å². The van der Waals surface area contributed by atoms with Gasteiger partial charge in [-0.3, -0.25) is 9.59 Å². The molecule has 0 spiro atoms. The Labute approximate surface area is 161 Å². The lowest BCUT2D eigenvalue weighted by molar-refractivity contribution is -0.118. The highest BCUT2D eigenvalue weighted by atomic mass is 35.5. The summed E-state index contributed by atoms with van der Waals surface area (Å²) in [6.45, 7) is 1.93. The average molecular weight is 391 g/mol. The van der Waals surface area contributed by atoms with Crippen LogP contribution in [-0.4, -0.2) is 31.0 Å². The van der Waals surface area contributed by atoms with Gasteiger partial charge >= 0.3 is 5.97 Å². The molecule has 0 bridgehead atoms. The highest BCUT2D eigenvalue weighted by Gasteiger charge is 2.12. The van der Waals surface area contributed by atoms with Crippen molar-refractivity contribution in [3.05, 3.63) is 58.6 Å². The van der Waals surface area contributed by atoms with E-state index in [0.717, 1.165) is 6.42 Å². The Morgan fingerprint density at radius 3 is 2.44 bits per heavy atom. The van der Waals surface area contributed by atoms with Crippen LogP contribution in [0.1, 0.15) is 34.1 Å². The molecule has 0 fully saturated rings. The number of halogens is 1. The van der Waals surface area contributed by atoms with Gasteiger partial charge in [0.05, 0.1) is 17.7 Å². The predicted octanol–water partition coefficient (Wildman–Crippen LogP) is 3.02. The van der Waals surface area contributed by atoms with Crippen molar-refractivity contribution in [3.8, 4) is 5.75 Å². The van der Waals surface area contributed by atoms with Gasteiger partial charge in [-0.1, -0.05) is 18.5 Å². The third-order valence-electron chi connectivity index (χ3n) is 3.41. The van der Waals surface area contributed by atoms with Crippen LogP contribution >= 0.6 is 11.6 Å². The van der Waals surface area contributed by atoms with E-state index in [0.29, 0.717) is 22.9 Å². The van der Waals surface area contributed by atoms with Crippen LogP contribution in [0, 0.1) is 0 Å². The fourth-order valence-corrected chi connectivity index (χ4v) is 2.30. The quantitative estimate of drug-likeness (QED) is 0.673. The summed E-state index contributed by atoms with van der Waals surface area (Å²) in [6, 6.07) is 10.6. The Morgan fingerprint density at radius 2 is 1.81 bits per heavy atom. The fourth-order valence-electron chi connectivity index (χ4n) is 2.13. The zero-order valence-electron chi connectivity index (χ0n) is 14.7. The molecule has 0 aliphatic rings. The molecule has 0 heterocycles. The highest BCUT2D eigenvalue weighted by Crippen LogP contribution is 2.22. The minimum absolute atomic E-state index is 0.0882. The lowest BCUT2D eigenvalue weighted by Gasteiger charge is -2.10. The molecule has 27 heavy (non-hydrogen) atoms. The van der Waals surface area contributed by atoms with E-state index in [4.69, 9.17) is 26.8 Å². The third-order valence-corrected chi connectivity index (χ3v) is 3.64. The molecule has 142 valence electrons. The number of carbonyl (C=O) groups is 3. The standard InChI is InChI=1S/C19H19ClN2O5/c1-2-9-26-19(25)12-3-6-14(7-4-12)22-17(23)11-27-16-8-5-13(20)10-15(16)18(21)24/h3-8,10H,2,9,11H2,1H3,(H2,21,24)(H,22,23). The summed E-state index contributed by atoms with van der Waals surface area (Å²) in [5, 5.41) is 2.95. The number of hydrogen-bond acceptors (Lipinski definition) is 5. The summed E-state index contributed by atoms with van der Waals surface area (Å²) in [7, 11) is 0. The summed E-state index contributed by atoms with van der Waals surface area (Å²) < 4.78 is 10.4. The maximum Gasteiger partial charge on any atom is 0.338 e. The lowest BCUT2D eigenvalue weighted by Crippen LogP contribution is -2.21. The van der Waals surface area contributed by atoms with Gasteiger partial charge in [0.15, 0.2) is 6.61 Å². The summed E-state index contributed by atoms with van der Waals surface area (Å²) >= 11 is 5.82. The smallest absolute Gasteiger partial charge is 0.338 e. The molecular weight excluding hydrogens is 372 g/mol. The molecule has 0 unspecified atom stereocenters. The molecule has 2 aromatic rings. The van der Waals surface area contributed by atoms with Crippen molar-refractivity contribution in [1.82, 2.24) is 0 Å². The van der Waals surface area contributed by atoms with Crippen molar-refractivity contribution in [2.24, 2.45) is 5.73 Å². The van der Waals surface area contributed by atoms with Crippen LogP contribution in [0.4, 0.5) is 5.69 Å². The van der Waals surface area contributed by atoms with Crippen molar-refractivity contribution >= 4 is 35.1 Å². The molecule has 8 heteroatoms. The number of rotatable bonds is 8. The minimum Gasteiger partial charge on any atom is -0.483 e. The van der Waals surface area contributed by atoms with E-state index >= 15 is 0 Å². The van der Waals surface area contributed by atoms with Gasteiger partial charge in [-0.2, -0.15) is 0 Å². The first-order chi connectivity index (χ1) is 12.9. The van der Waals surface area contributed by atoms with Crippen LogP contribution in [0.25, 0.3) is 0 Å². The number of benzene rings is 2. The monoisotopic (exact) mass is 390 g/mol. The normalized spacial score (nSPS) is 10.1. The largest absolute Gasteiger partial charge is 0.483 e. The second-order valence-electron chi connectivity index (χ2n) is 5.55. The molecule has 7 nitrogen and oxygen atoms in total. The van der Waals surface area contributed by atoms with Crippen LogP contribution in [0.15, 0.2) is 42.5 Å². The van der Waals surface area contributed by atoms with Crippen molar-refractivity contribution in [2.75, 3.05) is 18.5 Å². The Morgan fingerprint density at radius 1 is 1.11 bits per heavy atom. The summed E-state index contributed by atoms with van der Waals surface area (Å²) in [5.74, 6) is -1.41. The maximum atomic E-state index is 12.0. The summed E-state index contributed by atoms with van der Waals surface area (Å²) in [4.78, 5) is 35.2. The fraction of sp³-hybridized carbons (Fsp3) is 0.211. The number of carbonyl (C=O) groups excluding carboxylic acids is 3. The summed E-state index contributed by atoms with van der Waals surface area (Å²) in [6.07, 6.45) is 0.741. The van der Waals surface area contributed by atoms with Gasteiger partial charge in [0, 0.05) is 10.7 Å². The van der Waals surface area contributed by atoms with Gasteiger partial charge in [0.1, 0.15) is 5.75 Å². The van der Waals surface area contributed by atoms with E-state index in [2.05, 4.69) is 5.32 Å². The Kier molecular flexibility index (Phi) is 7.19. The zero-order chi connectivity index (χ0) is 19.8. The van der Waals surface area contributed by atoms with Crippen LogP contribution < -0.4 is 15.8 Å². The van der Waals surface area contributed by atoms with Crippen LogP contribution in [-0.2, 0) is 9.53 Å². The molecule has 0 atom stereocenters. The number of hydrogen-bond donors (Lipinski definition) is 2. The lowest BCUT2D eigenvalue weighted by atomic mass is 10.2. The zero-order valence-corrected chi connectivity index (χ0v) is 15.4. The molecule has 0 saturated heterocycles. The van der Waals surface area contributed by atoms with Crippen molar-refractivity contribution in [2.45, 2.75) is 13.3 Å². The van der Waals surface area contributed by atoms with E-state index in [1.807, 2.05) is 6.92 Å². The van der Waals surface area contributed by atoms with Gasteiger partial charge in [0.25, 0.3) is 11.8 Å². The number of primary amides is 1. The molecule has 0 saturated carbocycles. The molecule has 2 aromatic carbocycles. The van der Waals surface area contributed by atoms with Gasteiger partial charge < -0.3 is 20.5 Å².